The average Bonchev–Trinajstić information content (AvgIpc) is 3.21. The number of aliphatic hydroxyl groups is 2. The normalized spacial score (nSPS) is 22.5. The van der Waals surface area contributed by atoms with Gasteiger partial charge in [0.05, 0.1) is 27.0 Å². The molecule has 4 atom stereocenters. The van der Waals surface area contributed by atoms with E-state index in [1.807, 2.05) is 0 Å². The van der Waals surface area contributed by atoms with Gasteiger partial charge in [0.15, 0.2) is 11.8 Å². The molecule has 1 saturated heterocycles. The van der Waals surface area contributed by atoms with E-state index >= 15 is 0 Å². The van der Waals surface area contributed by atoms with Crippen molar-refractivity contribution in [3.63, 3.8) is 0 Å². The molecule has 12 nitrogen and oxygen atoms in total. The Labute approximate surface area is 235 Å². The fourth-order valence-electron chi connectivity index (χ4n) is 3.83. The second kappa shape index (κ2) is 12.2. The molecule has 1 fully saturated rings. The van der Waals surface area contributed by atoms with Gasteiger partial charge in [-0.25, -0.2) is 13.6 Å². The van der Waals surface area contributed by atoms with Gasteiger partial charge in [-0.2, -0.15) is 4.39 Å². The van der Waals surface area contributed by atoms with Crippen LogP contribution in [0.25, 0.3) is 0 Å². The predicted octanol–water partition coefficient (Wildman–Crippen LogP) is 2.35. The van der Waals surface area contributed by atoms with Crippen LogP contribution in [-0.4, -0.2) is 64.8 Å². The zero-order chi connectivity index (χ0) is 29.9. The van der Waals surface area contributed by atoms with Crippen molar-refractivity contribution < 1.29 is 51.2 Å². The van der Waals surface area contributed by atoms with Crippen LogP contribution in [0.15, 0.2) is 64.3 Å². The van der Waals surface area contributed by atoms with E-state index in [-0.39, 0.29) is 11.5 Å². The number of H-pyrrole nitrogens is 1. The molecular weight excluding hydrogens is 596 g/mol. The summed E-state index contributed by atoms with van der Waals surface area (Å²) in [4.78, 5) is 25.2. The molecule has 41 heavy (non-hydrogen) atoms. The molecule has 1 aliphatic heterocycles. The molecule has 0 aliphatic carbocycles. The van der Waals surface area contributed by atoms with Gasteiger partial charge < -0.3 is 33.5 Å². The summed E-state index contributed by atoms with van der Waals surface area (Å²) in [5.41, 5.74) is -5.66. The van der Waals surface area contributed by atoms with Crippen molar-refractivity contribution in [1.82, 2.24) is 9.55 Å². The zero-order valence-corrected chi connectivity index (χ0v) is 23.0. The van der Waals surface area contributed by atoms with Crippen LogP contribution >= 0.6 is 6.72 Å². The van der Waals surface area contributed by atoms with Crippen LogP contribution in [0.5, 0.6) is 23.0 Å². The molecule has 0 bridgehead atoms. The Hall–Kier alpha value is -3.40. The minimum absolute atomic E-state index is 0.120. The van der Waals surface area contributed by atoms with E-state index in [1.165, 1.54) is 62.8 Å². The third kappa shape index (κ3) is 6.42. The first-order valence-corrected chi connectivity index (χ1v) is 14.2. The lowest BCUT2D eigenvalue weighted by Gasteiger charge is -2.33. The molecule has 1 aliphatic rings. The van der Waals surface area contributed by atoms with E-state index < -0.39 is 60.9 Å². The summed E-state index contributed by atoms with van der Waals surface area (Å²) < 4.78 is 75.9. The van der Waals surface area contributed by atoms with Crippen LogP contribution in [-0.2, 0) is 21.1 Å². The second-order valence-corrected chi connectivity index (χ2v) is 11.5. The maximum Gasteiger partial charge on any atom is 0.435 e. The fourth-order valence-corrected chi connectivity index (χ4v) is 5.76. The molecule has 3 N–H and O–H groups in total. The maximum atomic E-state index is 14.5. The number of nitrogens with one attached hydrogen (secondary N) is 1. The fraction of sp³-hybridized carbons (Fsp3) is 0.333. The van der Waals surface area contributed by atoms with E-state index in [0.717, 1.165) is 0 Å². The molecular formula is C24H24F3N2O10PS. The highest BCUT2D eigenvalue weighted by Crippen LogP contribution is 2.52. The van der Waals surface area contributed by atoms with Crippen molar-refractivity contribution in [1.29, 1.82) is 0 Å². The van der Waals surface area contributed by atoms with Crippen LogP contribution in [0.4, 0.5) is 13.2 Å². The van der Waals surface area contributed by atoms with Crippen molar-refractivity contribution in [3.05, 3.63) is 81.4 Å². The summed E-state index contributed by atoms with van der Waals surface area (Å²) in [7, 11) is 2.90. The summed E-state index contributed by atoms with van der Waals surface area (Å²) >= 11 is 5.50. The smallest absolute Gasteiger partial charge is 0.435 e. The molecule has 0 radical (unpaired) electrons. The van der Waals surface area contributed by atoms with E-state index in [1.54, 1.807) is 4.98 Å². The number of hydrogen-bond acceptors (Lipinski definition) is 11. The number of methoxy groups -OCH3 is 2. The molecule has 0 amide bonds. The van der Waals surface area contributed by atoms with Crippen molar-refractivity contribution in [2.45, 2.75) is 30.5 Å². The van der Waals surface area contributed by atoms with Crippen molar-refractivity contribution in [2.75, 3.05) is 20.8 Å². The molecule has 4 rings (SSSR count). The number of ether oxygens (including phenoxy) is 3. The first kappa shape index (κ1) is 30.6. The largest absolute Gasteiger partial charge is 0.497 e. The highest BCUT2D eigenvalue weighted by atomic mass is 32.5. The average molecular weight is 620 g/mol. The Balaban J connectivity index is 1.65. The molecule has 0 spiro atoms. The topological polar surface area (TPSA) is 151 Å². The molecule has 0 saturated carbocycles. The van der Waals surface area contributed by atoms with Gasteiger partial charge in [0, 0.05) is 11.8 Å². The van der Waals surface area contributed by atoms with Crippen LogP contribution in [0.3, 0.4) is 0 Å². The van der Waals surface area contributed by atoms with Gasteiger partial charge in [0.25, 0.3) is 12.0 Å². The van der Waals surface area contributed by atoms with Gasteiger partial charge in [-0.05, 0) is 48.5 Å². The van der Waals surface area contributed by atoms with Crippen LogP contribution in [0.1, 0.15) is 6.23 Å². The Morgan fingerprint density at radius 2 is 1.49 bits per heavy atom. The number of hydrogen-bond donors (Lipinski definition) is 3. The minimum atomic E-state index is -4.04. The molecule has 2 heterocycles. The molecule has 1 aromatic heterocycles. The summed E-state index contributed by atoms with van der Waals surface area (Å²) in [5.74, 6) is -0.256. The van der Waals surface area contributed by atoms with Gasteiger partial charge in [0.1, 0.15) is 35.2 Å². The summed E-state index contributed by atoms with van der Waals surface area (Å²) in [6, 6.07) is 12.0. The standard InChI is InChI=1S/C24H24F3N2O10PS/c1-34-13-3-7-15(8-4-13)38-40(41,39-16-9-5-14(35-2)6-10-16)36-12-24(22(26)27)19(31)18(30)21(37-24)29-11-17(25)20(32)28-23(29)33/h3-11,18-19,21-22,30-31H,12H2,1-2H3,(H,28,32,33). The third-order valence-corrected chi connectivity index (χ3v) is 8.10. The monoisotopic (exact) mass is 620 g/mol. The number of nitrogens with zero attached hydrogens (tertiary/aromatic N) is 1. The van der Waals surface area contributed by atoms with Crippen LogP contribution < -0.4 is 29.8 Å². The van der Waals surface area contributed by atoms with Crippen LogP contribution in [0.2, 0.25) is 0 Å². The van der Waals surface area contributed by atoms with Crippen molar-refractivity contribution in [2.24, 2.45) is 0 Å². The highest BCUT2D eigenvalue weighted by molar-refractivity contribution is 8.07. The number of aliphatic hydroxyl groups excluding tert-OH is 2. The van der Waals surface area contributed by atoms with Crippen LogP contribution in [0, 0.1) is 5.82 Å². The van der Waals surface area contributed by atoms with Gasteiger partial charge in [0.2, 0.25) is 5.82 Å². The van der Waals surface area contributed by atoms with Gasteiger partial charge in [-0.3, -0.25) is 18.9 Å². The summed E-state index contributed by atoms with van der Waals surface area (Å²) in [6.07, 6.45) is -9.78. The number of halogens is 3. The number of aromatic nitrogens is 2. The lowest BCUT2D eigenvalue weighted by molar-refractivity contribution is -0.192. The Morgan fingerprint density at radius 3 is 1.95 bits per heavy atom. The minimum Gasteiger partial charge on any atom is -0.497 e. The first-order chi connectivity index (χ1) is 19.4. The number of aromatic amines is 1. The Kier molecular flexibility index (Phi) is 9.11. The highest BCUT2D eigenvalue weighted by Gasteiger charge is 2.61. The third-order valence-electron chi connectivity index (χ3n) is 6.03. The van der Waals surface area contributed by atoms with Gasteiger partial charge >= 0.3 is 12.4 Å². The summed E-state index contributed by atoms with van der Waals surface area (Å²) in [6.45, 7) is -5.24. The quantitative estimate of drug-likeness (QED) is 0.271. The van der Waals surface area contributed by atoms with Crippen molar-refractivity contribution in [3.8, 4) is 23.0 Å². The molecule has 4 unspecified atom stereocenters. The Morgan fingerprint density at radius 1 is 1.00 bits per heavy atom. The lowest BCUT2D eigenvalue weighted by atomic mass is 9.96. The molecule has 2 aromatic carbocycles. The van der Waals surface area contributed by atoms with Gasteiger partial charge in [-0.1, -0.05) is 0 Å². The lowest BCUT2D eigenvalue weighted by Crippen LogP contribution is -2.52. The SMILES string of the molecule is COc1ccc(OP(=S)(OCC2(C(F)F)OC(n3cc(F)c(=O)[nH]c3=O)C(O)C2O)Oc2ccc(OC)cc2)cc1. The molecule has 222 valence electrons. The van der Waals surface area contributed by atoms with Crippen molar-refractivity contribution >= 4 is 18.5 Å². The molecule has 17 heteroatoms. The Bertz CT molecular complexity index is 1470. The number of alkyl halides is 2. The first-order valence-electron chi connectivity index (χ1n) is 11.7. The molecule has 3 aromatic rings. The van der Waals surface area contributed by atoms with E-state index in [4.69, 9.17) is 39.6 Å². The van der Waals surface area contributed by atoms with E-state index in [0.29, 0.717) is 22.3 Å². The second-order valence-electron chi connectivity index (χ2n) is 8.60. The van der Waals surface area contributed by atoms with E-state index in [2.05, 4.69) is 0 Å². The van der Waals surface area contributed by atoms with Gasteiger partial charge in [-0.15, -0.1) is 0 Å². The number of rotatable bonds is 11. The summed E-state index contributed by atoms with van der Waals surface area (Å²) in [5, 5.41) is 21.2. The predicted molar refractivity (Wildman–Crippen MR) is 140 cm³/mol. The zero-order valence-electron chi connectivity index (χ0n) is 21.3. The number of benzene rings is 2. The maximum absolute atomic E-state index is 14.5. The van der Waals surface area contributed by atoms with E-state index in [9.17, 15) is 33.0 Å².